The fourth-order valence-corrected chi connectivity index (χ4v) is 16.4. The Balaban J connectivity index is 2.68. The zero-order valence-electron chi connectivity index (χ0n) is 16.6. The second-order valence-electron chi connectivity index (χ2n) is 10.8. The van der Waals surface area contributed by atoms with Crippen LogP contribution in [-0.2, 0) is 12.1 Å². The maximum Gasteiger partial charge on any atom is 0.0774 e. The van der Waals surface area contributed by atoms with Crippen LogP contribution in [0.2, 0.25) is 65.5 Å². The molecule has 0 amide bonds. The van der Waals surface area contributed by atoms with Gasteiger partial charge in [-0.05, 0) is 23.2 Å². The van der Waals surface area contributed by atoms with Crippen molar-refractivity contribution in [3.63, 3.8) is 0 Å². The van der Waals surface area contributed by atoms with Crippen LogP contribution in [0.25, 0.3) is 0 Å². The number of benzene rings is 1. The minimum atomic E-state index is -1.27. The standard InChI is InChI=1S/C18H36Si4/c1-19(2,3)17-11-15-13-21(7,8)22(9,10)14-16(15)12-18(17)20(4,5)6/h11-12H,13-14H2,1-10H3. The lowest BCUT2D eigenvalue weighted by Crippen LogP contribution is -2.62. The summed E-state index contributed by atoms with van der Waals surface area (Å²) in [6.45, 7) is 25.8. The molecule has 2 rings (SSSR count). The molecule has 1 heterocycles. The topological polar surface area (TPSA) is 0 Å². The van der Waals surface area contributed by atoms with Crippen molar-refractivity contribution in [2.45, 2.75) is 77.6 Å². The van der Waals surface area contributed by atoms with Gasteiger partial charge in [0.1, 0.15) is 0 Å². The molecule has 0 spiro atoms. The highest BCUT2D eigenvalue weighted by molar-refractivity contribution is 7.40. The third-order valence-corrected chi connectivity index (χ3v) is 28.6. The molecule has 0 atom stereocenters. The minimum Gasteiger partial charge on any atom is -0.0710 e. The summed E-state index contributed by atoms with van der Waals surface area (Å²) in [5.41, 5.74) is 3.48. The van der Waals surface area contributed by atoms with Gasteiger partial charge in [-0.25, -0.2) is 0 Å². The van der Waals surface area contributed by atoms with Crippen LogP contribution in [0.4, 0.5) is 0 Å². The maximum atomic E-state index is 2.69. The summed E-state index contributed by atoms with van der Waals surface area (Å²) in [7, 11) is -4.63. The van der Waals surface area contributed by atoms with E-state index in [1.165, 1.54) is 12.1 Å². The molecule has 0 aromatic heterocycles. The first kappa shape index (κ1) is 18.4. The minimum absolute atomic E-state index is 1.05. The van der Waals surface area contributed by atoms with E-state index < -0.39 is 31.3 Å². The summed E-state index contributed by atoms with van der Waals surface area (Å²) >= 11 is 0. The lowest BCUT2D eigenvalue weighted by Gasteiger charge is -2.44. The molecule has 4 heteroatoms. The van der Waals surface area contributed by atoms with Gasteiger partial charge in [0.15, 0.2) is 0 Å². The van der Waals surface area contributed by atoms with Crippen molar-refractivity contribution in [2.24, 2.45) is 0 Å². The molecule has 0 N–H and O–H groups in total. The second kappa shape index (κ2) is 5.29. The van der Waals surface area contributed by atoms with Crippen LogP contribution in [0, 0.1) is 0 Å². The molecule has 124 valence electrons. The van der Waals surface area contributed by atoms with Crippen molar-refractivity contribution in [3.8, 4) is 0 Å². The predicted molar refractivity (Wildman–Crippen MR) is 115 cm³/mol. The number of rotatable bonds is 2. The molecule has 0 saturated carbocycles. The fourth-order valence-electron chi connectivity index (χ4n) is 3.69. The molecule has 1 aliphatic heterocycles. The molecule has 1 aliphatic rings. The normalized spacial score (nSPS) is 20.6. The van der Waals surface area contributed by atoms with Gasteiger partial charge in [0.05, 0.1) is 16.1 Å². The van der Waals surface area contributed by atoms with E-state index in [1.807, 2.05) is 0 Å². The number of hydrogen-bond acceptors (Lipinski definition) is 0. The van der Waals surface area contributed by atoms with Crippen LogP contribution in [0.15, 0.2) is 12.1 Å². The van der Waals surface area contributed by atoms with E-state index >= 15 is 0 Å². The Hall–Kier alpha value is 0.0875. The molecule has 0 saturated heterocycles. The van der Waals surface area contributed by atoms with Gasteiger partial charge in [0.2, 0.25) is 0 Å². The van der Waals surface area contributed by atoms with Crippen molar-refractivity contribution in [1.82, 2.24) is 0 Å². The summed E-state index contributed by atoms with van der Waals surface area (Å²) in [5.74, 6) is 0. The van der Waals surface area contributed by atoms with Gasteiger partial charge >= 0.3 is 0 Å². The summed E-state index contributed by atoms with van der Waals surface area (Å²) in [6.07, 6.45) is 0. The monoisotopic (exact) mass is 364 g/mol. The van der Waals surface area contributed by atoms with Crippen molar-refractivity contribution in [1.29, 1.82) is 0 Å². The first-order valence-corrected chi connectivity index (χ1v) is 23.2. The molecule has 0 unspecified atom stereocenters. The van der Waals surface area contributed by atoms with Crippen molar-refractivity contribution >= 4 is 41.7 Å². The first-order valence-electron chi connectivity index (χ1n) is 8.82. The Kier molecular flexibility index (Phi) is 4.43. The van der Waals surface area contributed by atoms with Gasteiger partial charge in [-0.1, -0.05) is 88.0 Å². The van der Waals surface area contributed by atoms with Gasteiger partial charge < -0.3 is 0 Å². The van der Waals surface area contributed by atoms with Crippen LogP contribution >= 0.6 is 0 Å². The molecule has 1 aromatic carbocycles. The molecule has 0 fully saturated rings. The van der Waals surface area contributed by atoms with E-state index in [4.69, 9.17) is 0 Å². The Morgan fingerprint density at radius 1 is 0.636 bits per heavy atom. The average Bonchev–Trinajstić information content (AvgIpc) is 2.25. The van der Waals surface area contributed by atoms with E-state index in [1.54, 1.807) is 21.5 Å². The van der Waals surface area contributed by atoms with Crippen LogP contribution in [-0.4, -0.2) is 31.3 Å². The zero-order chi connectivity index (χ0) is 17.1. The van der Waals surface area contributed by atoms with Gasteiger partial charge in [-0.2, -0.15) is 0 Å². The van der Waals surface area contributed by atoms with Gasteiger partial charge in [-0.15, -0.1) is 0 Å². The smallest absolute Gasteiger partial charge is 0.0710 e. The largest absolute Gasteiger partial charge is 0.0774 e. The van der Waals surface area contributed by atoms with E-state index in [-0.39, 0.29) is 0 Å². The average molecular weight is 365 g/mol. The number of fused-ring (bicyclic) bond motifs is 1. The predicted octanol–water partition coefficient (Wildman–Crippen LogP) is 4.45. The SMILES string of the molecule is C[Si](C)(C)c1cc2c(cc1[Si](C)(C)C)C[Si](C)(C)[Si](C)(C)C2. The second-order valence-corrected chi connectivity index (χ2v) is 37.2. The molecule has 0 aliphatic carbocycles. The molecule has 1 aromatic rings. The summed E-state index contributed by atoms with van der Waals surface area (Å²) in [5, 5.41) is 3.55. The lowest BCUT2D eigenvalue weighted by molar-refractivity contribution is 1.17. The van der Waals surface area contributed by atoms with Crippen molar-refractivity contribution < 1.29 is 0 Å². The zero-order valence-corrected chi connectivity index (χ0v) is 20.6. The van der Waals surface area contributed by atoms with E-state index in [0.29, 0.717) is 0 Å². The Morgan fingerprint density at radius 2 is 0.909 bits per heavy atom. The van der Waals surface area contributed by atoms with Crippen molar-refractivity contribution in [3.05, 3.63) is 23.3 Å². The molecule has 0 radical (unpaired) electrons. The molecule has 0 bridgehead atoms. The Bertz CT molecular complexity index is 533. The number of hydrogen-bond donors (Lipinski definition) is 0. The van der Waals surface area contributed by atoms with Gasteiger partial charge in [0, 0.05) is 15.2 Å². The van der Waals surface area contributed by atoms with Crippen LogP contribution < -0.4 is 10.4 Å². The highest BCUT2D eigenvalue weighted by atomic mass is 29.3. The fraction of sp³-hybridized carbons (Fsp3) is 0.667. The third kappa shape index (κ3) is 3.30. The van der Waals surface area contributed by atoms with Crippen LogP contribution in [0.1, 0.15) is 11.1 Å². The quantitative estimate of drug-likeness (QED) is 0.680. The summed E-state index contributed by atoms with van der Waals surface area (Å²) in [4.78, 5) is 0. The van der Waals surface area contributed by atoms with Crippen LogP contribution in [0.5, 0.6) is 0 Å². The van der Waals surface area contributed by atoms with Gasteiger partial charge in [0.25, 0.3) is 0 Å². The van der Waals surface area contributed by atoms with Crippen LogP contribution in [0.3, 0.4) is 0 Å². The maximum absolute atomic E-state index is 2.69. The molecular weight excluding hydrogens is 329 g/mol. The molecular formula is C18H36Si4. The van der Waals surface area contributed by atoms with E-state index in [9.17, 15) is 0 Å². The van der Waals surface area contributed by atoms with Gasteiger partial charge in [-0.3, -0.25) is 0 Å². The summed E-state index contributed by atoms with van der Waals surface area (Å²) < 4.78 is 0. The first-order chi connectivity index (χ1) is 9.65. The molecule has 22 heavy (non-hydrogen) atoms. The molecule has 0 nitrogen and oxygen atoms in total. The van der Waals surface area contributed by atoms with E-state index in [2.05, 4.69) is 77.6 Å². The summed E-state index contributed by atoms with van der Waals surface area (Å²) in [6, 6.07) is 8.25. The van der Waals surface area contributed by atoms with E-state index in [0.717, 1.165) is 0 Å². The van der Waals surface area contributed by atoms with Crippen molar-refractivity contribution in [2.75, 3.05) is 0 Å². The lowest BCUT2D eigenvalue weighted by atomic mass is 10.1. The Labute approximate surface area is 142 Å². The highest BCUT2D eigenvalue weighted by Gasteiger charge is 2.45. The Morgan fingerprint density at radius 3 is 1.14 bits per heavy atom. The highest BCUT2D eigenvalue weighted by Crippen LogP contribution is 2.33. The third-order valence-electron chi connectivity index (χ3n) is 6.05.